The summed E-state index contributed by atoms with van der Waals surface area (Å²) >= 11 is 3.75. The van der Waals surface area contributed by atoms with Crippen LogP contribution in [0.15, 0.2) is 22.5 Å². The van der Waals surface area contributed by atoms with Crippen molar-refractivity contribution in [3.05, 3.63) is 17.5 Å². The Bertz CT molecular complexity index is 445. The number of hydrogen-bond acceptors (Lipinski definition) is 4. The number of aliphatic imine (C=N–C) groups is 1. The van der Waals surface area contributed by atoms with Gasteiger partial charge in [0.05, 0.1) is 5.00 Å². The molecular weight excluding hydrogens is 451 g/mol. The van der Waals surface area contributed by atoms with Gasteiger partial charge in [0.1, 0.15) is 0 Å². The standard InChI is InChI=1S/C17H30N4S2.HI/c1-3-18-17(19-10-4-5-13-22-2)20-15-8-11-21(12-9-15)16-7-6-14-23-16;/h6-7,14-15H,3-5,8-13H2,1-2H3,(H2,18,19,20);1H. The van der Waals surface area contributed by atoms with Gasteiger partial charge in [-0.1, -0.05) is 0 Å². The summed E-state index contributed by atoms with van der Waals surface area (Å²) in [5, 5.41) is 10.6. The van der Waals surface area contributed by atoms with Gasteiger partial charge < -0.3 is 15.5 Å². The molecule has 2 heterocycles. The molecule has 0 aliphatic carbocycles. The highest BCUT2D eigenvalue weighted by Gasteiger charge is 2.20. The Morgan fingerprint density at radius 3 is 2.79 bits per heavy atom. The fourth-order valence-electron chi connectivity index (χ4n) is 2.76. The number of guanidine groups is 1. The second-order valence-electron chi connectivity index (χ2n) is 5.82. The van der Waals surface area contributed by atoms with E-state index in [-0.39, 0.29) is 24.0 Å². The Hall–Kier alpha value is -0.150. The van der Waals surface area contributed by atoms with E-state index in [1.807, 2.05) is 23.1 Å². The average molecular weight is 483 g/mol. The first-order valence-electron chi connectivity index (χ1n) is 8.65. The van der Waals surface area contributed by atoms with Gasteiger partial charge in [0.25, 0.3) is 0 Å². The molecule has 0 unspecified atom stereocenters. The van der Waals surface area contributed by atoms with Crippen LogP contribution in [0.4, 0.5) is 5.00 Å². The van der Waals surface area contributed by atoms with Gasteiger partial charge in [-0.25, -0.2) is 0 Å². The molecule has 138 valence electrons. The van der Waals surface area contributed by atoms with Gasteiger partial charge in [0.15, 0.2) is 5.96 Å². The van der Waals surface area contributed by atoms with E-state index in [0.29, 0.717) is 6.04 Å². The molecule has 0 saturated carbocycles. The van der Waals surface area contributed by atoms with Gasteiger partial charge in [-0.3, -0.25) is 4.99 Å². The third-order valence-electron chi connectivity index (χ3n) is 4.02. The molecule has 0 aromatic carbocycles. The topological polar surface area (TPSA) is 39.7 Å². The Kier molecular flexibility index (Phi) is 12.0. The van der Waals surface area contributed by atoms with Crippen LogP contribution in [0.3, 0.4) is 0 Å². The maximum atomic E-state index is 4.72. The van der Waals surface area contributed by atoms with Crippen molar-refractivity contribution in [2.45, 2.75) is 38.6 Å². The van der Waals surface area contributed by atoms with Crippen molar-refractivity contribution in [2.75, 3.05) is 43.1 Å². The van der Waals surface area contributed by atoms with Crippen LogP contribution in [0.5, 0.6) is 0 Å². The summed E-state index contributed by atoms with van der Waals surface area (Å²) in [5.41, 5.74) is 0. The Morgan fingerprint density at radius 1 is 1.38 bits per heavy atom. The van der Waals surface area contributed by atoms with E-state index >= 15 is 0 Å². The van der Waals surface area contributed by atoms with E-state index in [2.05, 4.69) is 46.2 Å². The fraction of sp³-hybridized carbons (Fsp3) is 0.706. The summed E-state index contributed by atoms with van der Waals surface area (Å²) in [6.45, 7) is 6.23. The van der Waals surface area contributed by atoms with Gasteiger partial charge in [0, 0.05) is 32.2 Å². The predicted octanol–water partition coefficient (Wildman–Crippen LogP) is 4.03. The van der Waals surface area contributed by atoms with Crippen molar-refractivity contribution in [3.63, 3.8) is 0 Å². The highest BCUT2D eigenvalue weighted by Crippen LogP contribution is 2.24. The molecule has 0 atom stereocenters. The van der Waals surface area contributed by atoms with Crippen molar-refractivity contribution >= 4 is 58.0 Å². The fourth-order valence-corrected chi connectivity index (χ4v) is 4.03. The van der Waals surface area contributed by atoms with Crippen molar-refractivity contribution < 1.29 is 0 Å². The number of thioether (sulfide) groups is 1. The van der Waals surface area contributed by atoms with Crippen LogP contribution >= 0.6 is 47.1 Å². The first-order valence-corrected chi connectivity index (χ1v) is 10.9. The van der Waals surface area contributed by atoms with E-state index in [4.69, 9.17) is 4.99 Å². The maximum Gasteiger partial charge on any atom is 0.191 e. The summed E-state index contributed by atoms with van der Waals surface area (Å²) in [6.07, 6.45) is 6.94. The van der Waals surface area contributed by atoms with E-state index in [1.165, 1.54) is 36.4 Å². The lowest BCUT2D eigenvalue weighted by molar-refractivity contribution is 0.463. The molecule has 1 saturated heterocycles. The van der Waals surface area contributed by atoms with Gasteiger partial charge >= 0.3 is 0 Å². The molecule has 7 heteroatoms. The lowest BCUT2D eigenvalue weighted by Crippen LogP contribution is -2.48. The van der Waals surface area contributed by atoms with Crippen LogP contribution in [0.1, 0.15) is 32.6 Å². The number of nitrogens with one attached hydrogen (secondary N) is 2. The molecule has 0 radical (unpaired) electrons. The summed E-state index contributed by atoms with van der Waals surface area (Å²) in [4.78, 5) is 7.22. The summed E-state index contributed by atoms with van der Waals surface area (Å²) in [5.74, 6) is 2.23. The quantitative estimate of drug-likeness (QED) is 0.254. The highest BCUT2D eigenvalue weighted by molar-refractivity contribution is 14.0. The largest absolute Gasteiger partial charge is 0.363 e. The van der Waals surface area contributed by atoms with Gasteiger partial charge in [-0.05, 0) is 62.1 Å². The molecule has 1 fully saturated rings. The molecule has 1 aromatic rings. The van der Waals surface area contributed by atoms with Crippen LogP contribution in [0.25, 0.3) is 0 Å². The van der Waals surface area contributed by atoms with E-state index in [1.54, 1.807) is 0 Å². The van der Waals surface area contributed by atoms with Gasteiger partial charge in [-0.15, -0.1) is 35.3 Å². The van der Waals surface area contributed by atoms with Crippen molar-refractivity contribution in [1.82, 2.24) is 10.6 Å². The predicted molar refractivity (Wildman–Crippen MR) is 122 cm³/mol. The van der Waals surface area contributed by atoms with Crippen LogP contribution < -0.4 is 15.5 Å². The molecule has 24 heavy (non-hydrogen) atoms. The Balaban J connectivity index is 0.00000288. The molecule has 1 aliphatic heterocycles. The second-order valence-corrected chi connectivity index (χ2v) is 7.73. The number of anilines is 1. The zero-order valence-electron chi connectivity index (χ0n) is 14.8. The van der Waals surface area contributed by atoms with Crippen LogP contribution in [-0.2, 0) is 0 Å². The minimum atomic E-state index is 0. The SMILES string of the molecule is CCNC(=NCCCCSC)NC1CCN(c2cccs2)CC1.I. The normalized spacial score (nSPS) is 15.9. The number of rotatable bonds is 8. The third kappa shape index (κ3) is 7.82. The van der Waals surface area contributed by atoms with Crippen LogP contribution in [0, 0.1) is 0 Å². The molecular formula is C17H31IN4S2. The maximum absolute atomic E-state index is 4.72. The van der Waals surface area contributed by atoms with E-state index in [9.17, 15) is 0 Å². The number of unbranched alkanes of at least 4 members (excludes halogenated alkanes) is 1. The minimum absolute atomic E-state index is 0. The Labute approximate surface area is 172 Å². The van der Waals surface area contributed by atoms with Crippen LogP contribution in [0.2, 0.25) is 0 Å². The monoisotopic (exact) mass is 482 g/mol. The highest BCUT2D eigenvalue weighted by atomic mass is 127. The van der Waals surface area contributed by atoms with Crippen molar-refractivity contribution in [2.24, 2.45) is 4.99 Å². The van der Waals surface area contributed by atoms with E-state index < -0.39 is 0 Å². The third-order valence-corrected chi connectivity index (χ3v) is 5.65. The van der Waals surface area contributed by atoms with Crippen molar-refractivity contribution in [1.29, 1.82) is 0 Å². The summed E-state index contributed by atoms with van der Waals surface area (Å²) < 4.78 is 0. The number of piperidine rings is 1. The molecule has 2 rings (SSSR count). The average Bonchev–Trinajstić information content (AvgIpc) is 3.10. The Morgan fingerprint density at radius 2 is 2.17 bits per heavy atom. The zero-order valence-corrected chi connectivity index (χ0v) is 18.8. The minimum Gasteiger partial charge on any atom is -0.363 e. The van der Waals surface area contributed by atoms with Gasteiger partial charge in [-0.2, -0.15) is 11.8 Å². The first kappa shape index (κ1) is 21.9. The molecule has 2 N–H and O–H groups in total. The van der Waals surface area contributed by atoms with Crippen molar-refractivity contribution in [3.8, 4) is 0 Å². The number of thiophene rings is 1. The number of hydrogen-bond donors (Lipinski definition) is 2. The number of nitrogens with zero attached hydrogens (tertiary/aromatic N) is 2. The lowest BCUT2D eigenvalue weighted by atomic mass is 10.1. The molecule has 0 spiro atoms. The second kappa shape index (κ2) is 13.1. The smallest absolute Gasteiger partial charge is 0.191 e. The molecule has 0 bridgehead atoms. The summed E-state index contributed by atoms with van der Waals surface area (Å²) in [6, 6.07) is 4.89. The van der Waals surface area contributed by atoms with Crippen LogP contribution in [-0.4, -0.2) is 50.2 Å². The van der Waals surface area contributed by atoms with Gasteiger partial charge in [0.2, 0.25) is 0 Å². The zero-order chi connectivity index (χ0) is 16.3. The number of halogens is 1. The molecule has 4 nitrogen and oxygen atoms in total. The van der Waals surface area contributed by atoms with E-state index in [0.717, 1.165) is 32.1 Å². The molecule has 0 amide bonds. The lowest BCUT2D eigenvalue weighted by Gasteiger charge is -2.33. The first-order chi connectivity index (χ1) is 11.3. The molecule has 1 aromatic heterocycles. The molecule has 1 aliphatic rings. The summed E-state index contributed by atoms with van der Waals surface area (Å²) in [7, 11) is 0.